The average molecular weight is 333 g/mol. The van der Waals surface area contributed by atoms with Crippen LogP contribution in [0.15, 0.2) is 6.20 Å². The highest BCUT2D eigenvalue weighted by atomic mass is 127. The minimum Gasteiger partial charge on any atom is -0.478 e. The number of hydrogen-bond donors (Lipinski definition) is 1. The standard InChI is InChI=1S/C7H3ClF2INO2/c8-5-3(6(9)10)4(11)2(1-12-5)7(13)14/h1,6H,(H,13,14). The third-order valence-electron chi connectivity index (χ3n) is 1.45. The van der Waals surface area contributed by atoms with Gasteiger partial charge in [-0.1, -0.05) is 11.6 Å². The Morgan fingerprint density at radius 1 is 1.64 bits per heavy atom. The number of alkyl halides is 2. The van der Waals surface area contributed by atoms with Crippen LogP contribution in [-0.4, -0.2) is 16.1 Å². The molecule has 0 aliphatic rings. The van der Waals surface area contributed by atoms with E-state index in [4.69, 9.17) is 16.7 Å². The predicted molar refractivity (Wildman–Crippen MR) is 53.9 cm³/mol. The van der Waals surface area contributed by atoms with Gasteiger partial charge in [-0.25, -0.2) is 18.6 Å². The van der Waals surface area contributed by atoms with Crippen molar-refractivity contribution >= 4 is 40.2 Å². The summed E-state index contributed by atoms with van der Waals surface area (Å²) in [5.41, 5.74) is -0.808. The average Bonchev–Trinajstić information content (AvgIpc) is 2.02. The van der Waals surface area contributed by atoms with E-state index in [2.05, 4.69) is 4.98 Å². The van der Waals surface area contributed by atoms with Gasteiger partial charge in [-0.3, -0.25) is 0 Å². The fraction of sp³-hybridized carbons (Fsp3) is 0.143. The Labute approximate surface area is 96.2 Å². The van der Waals surface area contributed by atoms with Gasteiger partial charge < -0.3 is 5.11 Å². The normalized spacial score (nSPS) is 10.6. The predicted octanol–water partition coefficient (Wildman–Crippen LogP) is 2.98. The van der Waals surface area contributed by atoms with Crippen LogP contribution >= 0.6 is 34.2 Å². The van der Waals surface area contributed by atoms with Crippen LogP contribution < -0.4 is 0 Å². The van der Waals surface area contributed by atoms with Gasteiger partial charge in [-0.2, -0.15) is 0 Å². The molecule has 1 N–H and O–H groups in total. The molecule has 0 spiro atoms. The molecule has 14 heavy (non-hydrogen) atoms. The molecule has 76 valence electrons. The van der Waals surface area contributed by atoms with Crippen LogP contribution in [0.3, 0.4) is 0 Å². The van der Waals surface area contributed by atoms with Crippen molar-refractivity contribution in [3.05, 3.63) is 26.0 Å². The molecule has 0 unspecified atom stereocenters. The minimum absolute atomic E-state index is 0.0786. The van der Waals surface area contributed by atoms with Crippen molar-refractivity contribution in [1.82, 2.24) is 4.98 Å². The SMILES string of the molecule is O=C(O)c1cnc(Cl)c(C(F)F)c1I. The number of carboxylic acids is 1. The molecule has 0 saturated heterocycles. The van der Waals surface area contributed by atoms with E-state index in [0.717, 1.165) is 6.20 Å². The Morgan fingerprint density at radius 2 is 2.21 bits per heavy atom. The van der Waals surface area contributed by atoms with E-state index in [1.165, 1.54) is 22.6 Å². The van der Waals surface area contributed by atoms with Crippen molar-refractivity contribution in [2.45, 2.75) is 6.43 Å². The Kier molecular flexibility index (Phi) is 3.59. The number of rotatable bonds is 2. The summed E-state index contributed by atoms with van der Waals surface area (Å²) in [6.45, 7) is 0. The van der Waals surface area contributed by atoms with Gasteiger partial charge in [0.2, 0.25) is 0 Å². The Morgan fingerprint density at radius 3 is 2.64 bits per heavy atom. The number of hydrogen-bond acceptors (Lipinski definition) is 2. The maximum Gasteiger partial charge on any atom is 0.338 e. The zero-order valence-electron chi connectivity index (χ0n) is 6.47. The lowest BCUT2D eigenvalue weighted by Gasteiger charge is -2.07. The molecule has 0 atom stereocenters. The molecule has 0 saturated carbocycles. The van der Waals surface area contributed by atoms with Crippen LogP contribution in [0.25, 0.3) is 0 Å². The summed E-state index contributed by atoms with van der Waals surface area (Å²) >= 11 is 6.92. The highest BCUT2D eigenvalue weighted by Gasteiger charge is 2.22. The highest BCUT2D eigenvalue weighted by molar-refractivity contribution is 14.1. The van der Waals surface area contributed by atoms with Crippen molar-refractivity contribution in [3.63, 3.8) is 0 Å². The van der Waals surface area contributed by atoms with Crippen molar-refractivity contribution in [2.75, 3.05) is 0 Å². The first kappa shape index (κ1) is 11.6. The van der Waals surface area contributed by atoms with Gasteiger partial charge in [0.25, 0.3) is 6.43 Å². The summed E-state index contributed by atoms with van der Waals surface area (Å²) < 4.78 is 24.7. The second kappa shape index (κ2) is 4.35. The molecule has 3 nitrogen and oxygen atoms in total. The number of halogens is 4. The maximum atomic E-state index is 12.4. The smallest absolute Gasteiger partial charge is 0.338 e. The van der Waals surface area contributed by atoms with Gasteiger partial charge in [0.05, 0.1) is 11.1 Å². The van der Waals surface area contributed by atoms with E-state index < -0.39 is 18.0 Å². The first-order valence-electron chi connectivity index (χ1n) is 3.30. The largest absolute Gasteiger partial charge is 0.478 e. The van der Waals surface area contributed by atoms with E-state index >= 15 is 0 Å². The quantitative estimate of drug-likeness (QED) is 0.669. The number of aromatic nitrogens is 1. The van der Waals surface area contributed by atoms with Crippen LogP contribution in [0, 0.1) is 3.57 Å². The summed E-state index contributed by atoms with van der Waals surface area (Å²) in [5.74, 6) is -1.31. The van der Waals surface area contributed by atoms with Gasteiger partial charge in [0, 0.05) is 9.77 Å². The molecule has 0 fully saturated rings. The van der Waals surface area contributed by atoms with Gasteiger partial charge >= 0.3 is 5.97 Å². The number of carbonyl (C=O) groups is 1. The summed E-state index contributed by atoms with van der Waals surface area (Å²) in [5, 5.41) is 8.26. The van der Waals surface area contributed by atoms with Crippen molar-refractivity contribution in [1.29, 1.82) is 0 Å². The Balaban J connectivity index is 3.41. The number of nitrogens with zero attached hydrogens (tertiary/aromatic N) is 1. The van der Waals surface area contributed by atoms with Crippen LogP contribution in [0.5, 0.6) is 0 Å². The summed E-state index contributed by atoms with van der Waals surface area (Å²) in [6.07, 6.45) is -1.88. The fourth-order valence-corrected chi connectivity index (χ4v) is 2.06. The van der Waals surface area contributed by atoms with E-state index in [0.29, 0.717) is 0 Å². The first-order chi connectivity index (χ1) is 6.45. The minimum atomic E-state index is -2.83. The monoisotopic (exact) mass is 333 g/mol. The third kappa shape index (κ3) is 2.11. The van der Waals surface area contributed by atoms with Crippen LogP contribution in [0.4, 0.5) is 8.78 Å². The molecule has 7 heteroatoms. The fourth-order valence-electron chi connectivity index (χ4n) is 0.818. The van der Waals surface area contributed by atoms with Crippen molar-refractivity contribution < 1.29 is 18.7 Å². The Bertz CT molecular complexity index is 386. The van der Waals surface area contributed by atoms with Gasteiger partial charge in [-0.15, -0.1) is 0 Å². The number of pyridine rings is 1. The lowest BCUT2D eigenvalue weighted by molar-refractivity contribution is 0.0694. The van der Waals surface area contributed by atoms with E-state index in [1.807, 2.05) is 0 Å². The molecule has 1 rings (SSSR count). The topological polar surface area (TPSA) is 50.2 Å². The molecule has 1 aromatic heterocycles. The zero-order chi connectivity index (χ0) is 10.9. The van der Waals surface area contributed by atoms with Gasteiger partial charge in [0.1, 0.15) is 5.15 Å². The van der Waals surface area contributed by atoms with E-state index in [9.17, 15) is 13.6 Å². The first-order valence-corrected chi connectivity index (χ1v) is 4.76. The molecule has 0 aliphatic carbocycles. The number of aromatic carboxylic acids is 1. The number of carboxylic acid groups (broad SMARTS) is 1. The van der Waals surface area contributed by atoms with E-state index in [-0.39, 0.29) is 14.3 Å². The molecule has 0 radical (unpaired) electrons. The summed E-state index contributed by atoms with van der Waals surface area (Å²) in [7, 11) is 0. The van der Waals surface area contributed by atoms with Crippen molar-refractivity contribution in [3.8, 4) is 0 Å². The third-order valence-corrected chi connectivity index (χ3v) is 2.91. The highest BCUT2D eigenvalue weighted by Crippen LogP contribution is 2.31. The maximum absolute atomic E-state index is 12.4. The molecule has 1 heterocycles. The molecule has 0 aliphatic heterocycles. The summed E-state index contributed by atoms with van der Waals surface area (Å²) in [6, 6.07) is 0. The van der Waals surface area contributed by atoms with Gasteiger partial charge in [0.15, 0.2) is 0 Å². The van der Waals surface area contributed by atoms with Crippen LogP contribution in [0.2, 0.25) is 5.15 Å². The Hall–Kier alpha value is -0.500. The lowest BCUT2D eigenvalue weighted by Crippen LogP contribution is -2.05. The molecular weight excluding hydrogens is 330 g/mol. The second-order valence-corrected chi connectivity index (χ2v) is 3.73. The summed E-state index contributed by atoms with van der Waals surface area (Å²) in [4.78, 5) is 14.0. The molecular formula is C7H3ClF2INO2. The zero-order valence-corrected chi connectivity index (χ0v) is 9.38. The van der Waals surface area contributed by atoms with Crippen LogP contribution in [0.1, 0.15) is 22.3 Å². The molecule has 0 bridgehead atoms. The second-order valence-electron chi connectivity index (χ2n) is 2.30. The molecule has 0 amide bonds. The molecule has 1 aromatic rings. The van der Waals surface area contributed by atoms with E-state index in [1.54, 1.807) is 0 Å². The lowest BCUT2D eigenvalue weighted by atomic mass is 10.2. The molecule has 0 aromatic carbocycles. The van der Waals surface area contributed by atoms with Crippen LogP contribution in [-0.2, 0) is 0 Å². The van der Waals surface area contributed by atoms with Crippen molar-refractivity contribution in [2.24, 2.45) is 0 Å². The van der Waals surface area contributed by atoms with Gasteiger partial charge in [-0.05, 0) is 22.6 Å².